The number of nitrogens with zero attached hydrogens (tertiary/aromatic N) is 5. The van der Waals surface area contributed by atoms with Gasteiger partial charge in [-0.05, 0) is 18.2 Å². The number of hydrogen-bond donors (Lipinski definition) is 1. The predicted octanol–water partition coefficient (Wildman–Crippen LogP) is 3.60. The van der Waals surface area contributed by atoms with Crippen molar-refractivity contribution in [2.45, 2.75) is 18.9 Å². The maximum Gasteiger partial charge on any atom is 0.188 e. The van der Waals surface area contributed by atoms with Gasteiger partial charge in [0.05, 0.1) is 5.56 Å². The number of thiazole rings is 1. The van der Waals surface area contributed by atoms with Crippen molar-refractivity contribution >= 4 is 28.1 Å². The van der Waals surface area contributed by atoms with E-state index in [2.05, 4.69) is 31.2 Å². The van der Waals surface area contributed by atoms with Crippen LogP contribution in [-0.2, 0) is 0 Å². The molecule has 27 heavy (non-hydrogen) atoms. The molecule has 3 aromatic rings. The van der Waals surface area contributed by atoms with Crippen molar-refractivity contribution in [3.8, 4) is 11.8 Å². The first-order valence-corrected chi connectivity index (χ1v) is 9.58. The average Bonchev–Trinajstić information content (AvgIpc) is 3.22. The number of aromatic nitrogens is 3. The van der Waals surface area contributed by atoms with Gasteiger partial charge in [-0.2, -0.15) is 5.26 Å². The molecule has 1 N–H and O–H groups in total. The van der Waals surface area contributed by atoms with Crippen LogP contribution < -0.4 is 15.0 Å². The molecule has 4 heterocycles. The van der Waals surface area contributed by atoms with E-state index in [-0.39, 0.29) is 6.10 Å². The molecule has 0 spiro atoms. The van der Waals surface area contributed by atoms with E-state index in [0.29, 0.717) is 5.56 Å². The van der Waals surface area contributed by atoms with Gasteiger partial charge < -0.3 is 15.0 Å². The Hall–Kier alpha value is -3.18. The third kappa shape index (κ3) is 4.33. The largest absolute Gasteiger partial charge is 0.490 e. The summed E-state index contributed by atoms with van der Waals surface area (Å²) >= 11 is 1.53. The molecule has 0 atom stereocenters. The first-order valence-electron chi connectivity index (χ1n) is 8.70. The summed E-state index contributed by atoms with van der Waals surface area (Å²) in [5.74, 6) is 2.44. The third-order valence-corrected chi connectivity index (χ3v) is 5.03. The fourth-order valence-electron chi connectivity index (χ4n) is 2.98. The maximum atomic E-state index is 8.87. The van der Waals surface area contributed by atoms with Gasteiger partial charge in [-0.1, -0.05) is 0 Å². The van der Waals surface area contributed by atoms with Crippen LogP contribution >= 0.6 is 11.3 Å². The molecule has 0 aromatic carbocycles. The summed E-state index contributed by atoms with van der Waals surface area (Å²) in [5.41, 5.74) is 0.580. The second-order valence-electron chi connectivity index (χ2n) is 6.16. The molecule has 0 amide bonds. The maximum absolute atomic E-state index is 8.87. The number of anilines is 3. The number of rotatable bonds is 5. The second-order valence-corrected chi connectivity index (χ2v) is 7.05. The minimum absolute atomic E-state index is 0.162. The summed E-state index contributed by atoms with van der Waals surface area (Å²) in [7, 11) is 0. The molecule has 0 bridgehead atoms. The topological polar surface area (TPSA) is 87.0 Å². The van der Waals surface area contributed by atoms with E-state index in [4.69, 9.17) is 10.00 Å². The molecule has 1 aliphatic heterocycles. The fraction of sp³-hybridized carbons (Fsp3) is 0.263. The van der Waals surface area contributed by atoms with Crippen LogP contribution in [0.5, 0.6) is 5.75 Å². The van der Waals surface area contributed by atoms with Gasteiger partial charge in [-0.15, -0.1) is 11.3 Å². The van der Waals surface area contributed by atoms with Gasteiger partial charge in [0.25, 0.3) is 0 Å². The molecule has 0 unspecified atom stereocenters. The van der Waals surface area contributed by atoms with Crippen molar-refractivity contribution in [3.05, 3.63) is 53.8 Å². The Labute approximate surface area is 161 Å². The van der Waals surface area contributed by atoms with Crippen LogP contribution in [0.15, 0.2) is 48.2 Å². The highest BCUT2D eigenvalue weighted by Gasteiger charge is 2.21. The second kappa shape index (κ2) is 8.01. The van der Waals surface area contributed by atoms with Crippen LogP contribution in [0.2, 0.25) is 0 Å². The Morgan fingerprint density at radius 1 is 1.15 bits per heavy atom. The molecule has 3 aromatic heterocycles. The molecule has 1 saturated heterocycles. The van der Waals surface area contributed by atoms with Gasteiger partial charge in [-0.3, -0.25) is 0 Å². The lowest BCUT2D eigenvalue weighted by Gasteiger charge is -2.33. The fourth-order valence-corrected chi connectivity index (χ4v) is 3.52. The van der Waals surface area contributed by atoms with Gasteiger partial charge in [-0.25, -0.2) is 15.0 Å². The summed E-state index contributed by atoms with van der Waals surface area (Å²) in [6.45, 7) is 1.75. The van der Waals surface area contributed by atoms with E-state index >= 15 is 0 Å². The molecule has 0 radical (unpaired) electrons. The van der Waals surface area contributed by atoms with Gasteiger partial charge in [0.1, 0.15) is 29.6 Å². The van der Waals surface area contributed by atoms with Crippen LogP contribution in [-0.4, -0.2) is 34.1 Å². The highest BCUT2D eigenvalue weighted by Crippen LogP contribution is 2.25. The quantitative estimate of drug-likeness (QED) is 0.726. The van der Waals surface area contributed by atoms with Crippen molar-refractivity contribution in [1.82, 2.24) is 15.0 Å². The van der Waals surface area contributed by atoms with Crippen LogP contribution in [0.4, 0.5) is 16.8 Å². The molecular formula is C19H18N6OS. The Bertz CT molecular complexity index is 914. The molecule has 0 aliphatic carbocycles. The zero-order valence-corrected chi connectivity index (χ0v) is 15.4. The molecule has 4 rings (SSSR count). The normalized spacial score (nSPS) is 14.6. The Kier molecular flexibility index (Phi) is 5.12. The third-order valence-electron chi connectivity index (χ3n) is 4.34. The number of hydrogen-bond acceptors (Lipinski definition) is 8. The summed E-state index contributed by atoms with van der Waals surface area (Å²) in [4.78, 5) is 15.1. The van der Waals surface area contributed by atoms with Crippen LogP contribution in [0, 0.1) is 11.3 Å². The highest BCUT2D eigenvalue weighted by atomic mass is 32.1. The number of nitrogens with one attached hydrogen (secondary N) is 1. The highest BCUT2D eigenvalue weighted by molar-refractivity contribution is 7.13. The monoisotopic (exact) mass is 378 g/mol. The smallest absolute Gasteiger partial charge is 0.188 e. The Balaban J connectivity index is 1.33. The van der Waals surface area contributed by atoms with Crippen molar-refractivity contribution < 1.29 is 4.74 Å². The minimum atomic E-state index is 0.162. The molecule has 136 valence electrons. The zero-order valence-electron chi connectivity index (χ0n) is 14.6. The van der Waals surface area contributed by atoms with Gasteiger partial charge in [0.15, 0.2) is 5.13 Å². The van der Waals surface area contributed by atoms with Crippen LogP contribution in [0.3, 0.4) is 0 Å². The lowest BCUT2D eigenvalue weighted by molar-refractivity contribution is 0.170. The molecule has 7 nitrogen and oxygen atoms in total. The molecule has 0 saturated carbocycles. The Morgan fingerprint density at radius 3 is 2.74 bits per heavy atom. The van der Waals surface area contributed by atoms with E-state index < -0.39 is 0 Å². The summed E-state index contributed by atoms with van der Waals surface area (Å²) in [5, 5.41) is 14.8. The van der Waals surface area contributed by atoms with E-state index in [1.165, 1.54) is 11.3 Å². The molecular weight excluding hydrogens is 360 g/mol. The first-order chi connectivity index (χ1) is 13.3. The van der Waals surface area contributed by atoms with Crippen LogP contribution in [0.1, 0.15) is 18.4 Å². The lowest BCUT2D eigenvalue weighted by atomic mass is 10.1. The predicted molar refractivity (Wildman–Crippen MR) is 104 cm³/mol. The van der Waals surface area contributed by atoms with Gasteiger partial charge >= 0.3 is 0 Å². The van der Waals surface area contributed by atoms with Crippen molar-refractivity contribution in [3.63, 3.8) is 0 Å². The summed E-state index contributed by atoms with van der Waals surface area (Å²) in [6.07, 6.45) is 7.10. The van der Waals surface area contributed by atoms with E-state index in [1.807, 2.05) is 23.6 Å². The van der Waals surface area contributed by atoms with E-state index in [1.54, 1.807) is 24.7 Å². The number of ether oxygens (including phenoxy) is 1. The number of nitriles is 1. The molecule has 8 heteroatoms. The number of piperidine rings is 1. The minimum Gasteiger partial charge on any atom is -0.490 e. The first kappa shape index (κ1) is 17.2. The average molecular weight is 378 g/mol. The Morgan fingerprint density at radius 2 is 2.04 bits per heavy atom. The van der Waals surface area contributed by atoms with Crippen LogP contribution in [0.25, 0.3) is 0 Å². The zero-order chi connectivity index (χ0) is 18.5. The SMILES string of the molecule is N#Cc1ccc(N2CCC(Oc3ccnc(Nc4nccs4)c3)CC2)nc1. The lowest BCUT2D eigenvalue weighted by Crippen LogP contribution is -2.38. The molecule has 1 fully saturated rings. The summed E-state index contributed by atoms with van der Waals surface area (Å²) in [6, 6.07) is 9.58. The van der Waals surface area contributed by atoms with Gasteiger partial charge in [0, 0.05) is 56.0 Å². The summed E-state index contributed by atoms with van der Waals surface area (Å²) < 4.78 is 6.15. The van der Waals surface area contributed by atoms with E-state index in [0.717, 1.165) is 48.4 Å². The van der Waals surface area contributed by atoms with Crippen molar-refractivity contribution in [1.29, 1.82) is 5.26 Å². The van der Waals surface area contributed by atoms with Gasteiger partial charge in [0.2, 0.25) is 0 Å². The van der Waals surface area contributed by atoms with Crippen molar-refractivity contribution in [2.75, 3.05) is 23.3 Å². The number of pyridine rings is 2. The van der Waals surface area contributed by atoms with Crippen molar-refractivity contribution in [2.24, 2.45) is 0 Å². The van der Waals surface area contributed by atoms with E-state index in [9.17, 15) is 0 Å². The standard InChI is InChI=1S/C19H18N6OS/c20-12-14-1-2-18(23-13-14)25-8-4-15(5-9-25)26-16-3-6-21-17(11-16)24-19-22-7-10-27-19/h1-3,6-7,10-11,13,15H,4-5,8-9H2,(H,21,22,24). The molecule has 1 aliphatic rings.